The number of carbonyl (C=O) groups excluding carboxylic acids is 1. The zero-order valence-corrected chi connectivity index (χ0v) is 10.5. The van der Waals surface area contributed by atoms with Crippen molar-refractivity contribution in [1.29, 1.82) is 0 Å². The summed E-state index contributed by atoms with van der Waals surface area (Å²) in [4.78, 5) is 13.0. The molecule has 1 aromatic rings. The number of alkyl halides is 3. The first kappa shape index (κ1) is 13.9. The Balaban J connectivity index is 1.90. The number of halogens is 3. The first-order valence-corrected chi connectivity index (χ1v) is 6.41. The van der Waals surface area contributed by atoms with Crippen LogP contribution in [0.25, 0.3) is 0 Å². The van der Waals surface area contributed by atoms with E-state index in [0.717, 1.165) is 24.3 Å². The van der Waals surface area contributed by atoms with Crippen LogP contribution < -0.4 is 4.90 Å². The summed E-state index contributed by atoms with van der Waals surface area (Å²) in [6.07, 6.45) is -2.69. The van der Waals surface area contributed by atoms with Gasteiger partial charge in [0.15, 0.2) is 0 Å². The lowest BCUT2D eigenvalue weighted by Gasteiger charge is -2.17. The molecule has 2 nitrogen and oxygen atoms in total. The molecule has 1 heterocycles. The van der Waals surface area contributed by atoms with Gasteiger partial charge in [-0.1, -0.05) is 12.1 Å². The molecule has 0 N–H and O–H groups in total. The van der Waals surface area contributed by atoms with E-state index in [1.165, 1.54) is 12.8 Å². The van der Waals surface area contributed by atoms with E-state index in [4.69, 9.17) is 0 Å². The van der Waals surface area contributed by atoms with Crippen LogP contribution in [0.2, 0.25) is 0 Å². The lowest BCUT2D eigenvalue weighted by atomic mass is 10.1. The third-order valence-corrected chi connectivity index (χ3v) is 3.36. The minimum Gasteiger partial charge on any atom is -0.372 e. The summed E-state index contributed by atoms with van der Waals surface area (Å²) >= 11 is 0. The van der Waals surface area contributed by atoms with Crippen LogP contribution in [0.4, 0.5) is 18.9 Å². The lowest BCUT2D eigenvalue weighted by Crippen LogP contribution is -2.22. The van der Waals surface area contributed by atoms with Gasteiger partial charge in [-0.2, -0.15) is 13.2 Å². The molecule has 0 bridgehead atoms. The molecule has 0 saturated carbocycles. The van der Waals surface area contributed by atoms with Gasteiger partial charge in [-0.3, -0.25) is 4.79 Å². The number of nitrogens with zero attached hydrogens (tertiary/aromatic N) is 1. The van der Waals surface area contributed by atoms with Crippen LogP contribution in [0, 0.1) is 0 Å². The Kier molecular flexibility index (Phi) is 4.12. The van der Waals surface area contributed by atoms with Gasteiger partial charge < -0.3 is 4.90 Å². The van der Waals surface area contributed by atoms with E-state index in [2.05, 4.69) is 4.90 Å². The van der Waals surface area contributed by atoms with Gasteiger partial charge in [-0.05, 0) is 37.0 Å². The van der Waals surface area contributed by atoms with Gasteiger partial charge in [0.2, 0.25) is 5.78 Å². The smallest absolute Gasteiger partial charge is 0.372 e. The number of benzene rings is 1. The highest BCUT2D eigenvalue weighted by atomic mass is 19.4. The van der Waals surface area contributed by atoms with E-state index in [0.29, 0.717) is 0 Å². The van der Waals surface area contributed by atoms with Crippen LogP contribution in [-0.4, -0.2) is 25.0 Å². The predicted molar refractivity (Wildman–Crippen MR) is 67.3 cm³/mol. The van der Waals surface area contributed by atoms with Gasteiger partial charge in [-0.25, -0.2) is 0 Å². The van der Waals surface area contributed by atoms with Crippen molar-refractivity contribution in [1.82, 2.24) is 0 Å². The van der Waals surface area contributed by atoms with Crippen LogP contribution in [0.5, 0.6) is 0 Å². The fraction of sp³-hybridized carbons (Fsp3) is 0.500. The molecule has 1 aromatic carbocycles. The Morgan fingerprint density at radius 2 is 1.68 bits per heavy atom. The maximum Gasteiger partial charge on any atom is 0.449 e. The molecule has 0 unspecified atom stereocenters. The van der Waals surface area contributed by atoms with Gasteiger partial charge >= 0.3 is 6.18 Å². The highest BCUT2D eigenvalue weighted by molar-refractivity contribution is 5.84. The molecule has 0 radical (unpaired) electrons. The third-order valence-electron chi connectivity index (χ3n) is 3.36. The van der Waals surface area contributed by atoms with E-state index in [-0.39, 0.29) is 6.42 Å². The Morgan fingerprint density at radius 3 is 2.21 bits per heavy atom. The Morgan fingerprint density at radius 1 is 1.11 bits per heavy atom. The molecule has 1 fully saturated rings. The molecular weight excluding hydrogens is 255 g/mol. The second kappa shape index (κ2) is 5.63. The number of carbonyl (C=O) groups is 1. The standard InChI is InChI=1S/C14H16F3NO/c15-14(16,17)13(19)8-5-11-3-6-12(7-4-11)18-9-1-2-10-18/h3-4,6-7H,1-2,5,8-10H2. The van der Waals surface area contributed by atoms with Crippen molar-refractivity contribution in [3.63, 3.8) is 0 Å². The average molecular weight is 271 g/mol. The number of ketones is 1. The molecule has 0 amide bonds. The summed E-state index contributed by atoms with van der Waals surface area (Å²) in [6, 6.07) is 7.44. The molecule has 1 aliphatic rings. The maximum atomic E-state index is 12.1. The Bertz CT molecular complexity index is 433. The number of anilines is 1. The molecule has 2 rings (SSSR count). The van der Waals surface area contributed by atoms with Crippen molar-refractivity contribution in [2.75, 3.05) is 18.0 Å². The topological polar surface area (TPSA) is 20.3 Å². The monoisotopic (exact) mass is 271 g/mol. The number of hydrogen-bond acceptors (Lipinski definition) is 2. The molecule has 0 aliphatic carbocycles. The van der Waals surface area contributed by atoms with Crippen molar-refractivity contribution in [3.8, 4) is 0 Å². The first-order chi connectivity index (χ1) is 8.97. The van der Waals surface area contributed by atoms with Crippen LogP contribution in [-0.2, 0) is 11.2 Å². The zero-order valence-electron chi connectivity index (χ0n) is 10.5. The molecule has 0 aromatic heterocycles. The van der Waals surface area contributed by atoms with E-state index >= 15 is 0 Å². The predicted octanol–water partition coefficient (Wildman–Crippen LogP) is 3.35. The largest absolute Gasteiger partial charge is 0.449 e. The Hall–Kier alpha value is -1.52. The third kappa shape index (κ3) is 3.72. The number of aryl methyl sites for hydroxylation is 1. The summed E-state index contributed by atoms with van der Waals surface area (Å²) in [7, 11) is 0. The van der Waals surface area contributed by atoms with Gasteiger partial charge in [0.25, 0.3) is 0 Å². The molecular formula is C14H16F3NO. The van der Waals surface area contributed by atoms with Crippen LogP contribution in [0.3, 0.4) is 0 Å². The molecule has 0 atom stereocenters. The fourth-order valence-corrected chi connectivity index (χ4v) is 2.25. The second-order valence-corrected chi connectivity index (χ2v) is 4.78. The van der Waals surface area contributed by atoms with E-state index in [9.17, 15) is 18.0 Å². The molecule has 0 spiro atoms. The zero-order chi connectivity index (χ0) is 13.9. The quantitative estimate of drug-likeness (QED) is 0.837. The number of Topliss-reactive ketones (excluding diaryl/α,β-unsaturated/α-hetero) is 1. The highest BCUT2D eigenvalue weighted by Gasteiger charge is 2.37. The summed E-state index contributed by atoms with van der Waals surface area (Å²) in [5, 5.41) is 0. The second-order valence-electron chi connectivity index (χ2n) is 4.78. The van der Waals surface area contributed by atoms with Gasteiger partial charge in [0, 0.05) is 25.2 Å². The normalized spacial score (nSPS) is 15.8. The van der Waals surface area contributed by atoms with E-state index < -0.39 is 18.4 Å². The molecule has 1 saturated heterocycles. The van der Waals surface area contributed by atoms with Gasteiger partial charge in [-0.15, -0.1) is 0 Å². The number of rotatable bonds is 4. The minimum absolute atomic E-state index is 0.138. The SMILES string of the molecule is O=C(CCc1ccc(N2CCCC2)cc1)C(F)(F)F. The van der Waals surface area contributed by atoms with Crippen molar-refractivity contribution < 1.29 is 18.0 Å². The maximum absolute atomic E-state index is 12.1. The van der Waals surface area contributed by atoms with E-state index in [1.54, 1.807) is 12.1 Å². The summed E-state index contributed by atoms with van der Waals surface area (Å²) in [5.74, 6) is -1.66. The first-order valence-electron chi connectivity index (χ1n) is 6.41. The van der Waals surface area contributed by atoms with E-state index in [1.807, 2.05) is 12.1 Å². The summed E-state index contributed by atoms with van der Waals surface area (Å²) in [5.41, 5.74) is 1.86. The van der Waals surface area contributed by atoms with Crippen LogP contribution in [0.15, 0.2) is 24.3 Å². The molecule has 1 aliphatic heterocycles. The molecule has 5 heteroatoms. The van der Waals surface area contributed by atoms with Gasteiger partial charge in [0.05, 0.1) is 0 Å². The van der Waals surface area contributed by atoms with Crippen molar-refractivity contribution in [2.24, 2.45) is 0 Å². The molecule has 104 valence electrons. The molecule has 19 heavy (non-hydrogen) atoms. The average Bonchev–Trinajstić information content (AvgIpc) is 2.89. The van der Waals surface area contributed by atoms with Crippen LogP contribution in [0.1, 0.15) is 24.8 Å². The minimum atomic E-state index is -4.71. The summed E-state index contributed by atoms with van der Waals surface area (Å²) in [6.45, 7) is 2.07. The summed E-state index contributed by atoms with van der Waals surface area (Å²) < 4.78 is 36.2. The number of hydrogen-bond donors (Lipinski definition) is 0. The van der Waals surface area contributed by atoms with Gasteiger partial charge in [0.1, 0.15) is 0 Å². The van der Waals surface area contributed by atoms with Crippen molar-refractivity contribution >= 4 is 11.5 Å². The Labute approximate surface area is 110 Å². The fourth-order valence-electron chi connectivity index (χ4n) is 2.25. The lowest BCUT2D eigenvalue weighted by molar-refractivity contribution is -0.171. The van der Waals surface area contributed by atoms with Crippen molar-refractivity contribution in [2.45, 2.75) is 31.9 Å². The van der Waals surface area contributed by atoms with Crippen molar-refractivity contribution in [3.05, 3.63) is 29.8 Å². The van der Waals surface area contributed by atoms with Crippen LogP contribution >= 0.6 is 0 Å². The highest BCUT2D eigenvalue weighted by Crippen LogP contribution is 2.22.